The van der Waals surface area contributed by atoms with Crippen LogP contribution in [0.15, 0.2) is 40.9 Å². The molecule has 1 heterocycles. The molecule has 1 fully saturated rings. The highest BCUT2D eigenvalue weighted by Gasteiger charge is 2.40. The lowest BCUT2D eigenvalue weighted by Crippen LogP contribution is -2.49. The highest BCUT2D eigenvalue weighted by atomic mass is 79.9. The van der Waals surface area contributed by atoms with E-state index in [9.17, 15) is 14.4 Å². The number of nitrogens with zero attached hydrogens (tertiary/aromatic N) is 1. The molecule has 2 amide bonds. The highest BCUT2D eigenvalue weighted by Crippen LogP contribution is 2.28. The lowest BCUT2D eigenvalue weighted by atomic mass is 9.84. The number of carbonyl (C=O) groups excluding carboxylic acids is 2. The van der Waals surface area contributed by atoms with Gasteiger partial charge in [0.05, 0.1) is 0 Å². The average molecular weight is 390 g/mol. The van der Waals surface area contributed by atoms with Crippen LogP contribution < -0.4 is 0 Å². The first kappa shape index (κ1) is 16.6. The molecule has 1 saturated heterocycles. The molecule has 1 aliphatic heterocycles. The molecule has 2 atom stereocenters. The third-order valence-corrected chi connectivity index (χ3v) is 4.82. The van der Waals surface area contributed by atoms with E-state index >= 15 is 0 Å². The number of carboxylic acid groups (broad SMARTS) is 1. The highest BCUT2D eigenvalue weighted by molar-refractivity contribution is 9.10. The van der Waals surface area contributed by atoms with Gasteiger partial charge in [0.15, 0.2) is 5.78 Å². The second-order valence-corrected chi connectivity index (χ2v) is 7.11. The summed E-state index contributed by atoms with van der Waals surface area (Å²) in [5, 5.41) is 11.0. The number of hydrogen-bond acceptors (Lipinski definition) is 3. The summed E-state index contributed by atoms with van der Waals surface area (Å²) in [5.74, 6) is -1.92. The van der Waals surface area contributed by atoms with Crippen molar-refractivity contribution in [3.63, 3.8) is 0 Å². The molecule has 0 aliphatic carbocycles. The van der Waals surface area contributed by atoms with E-state index in [4.69, 9.17) is 5.11 Å². The SMILES string of the molecule is C[C@H]1CC(C(=O)c2ccc3ccc(Br)cc3c2)C(=O)N(C(=O)O)C1. The van der Waals surface area contributed by atoms with Crippen molar-refractivity contribution in [3.05, 3.63) is 46.4 Å². The molecule has 24 heavy (non-hydrogen) atoms. The number of ketones is 1. The first-order valence-electron chi connectivity index (χ1n) is 7.64. The zero-order valence-electron chi connectivity index (χ0n) is 13.0. The largest absolute Gasteiger partial charge is 0.465 e. The van der Waals surface area contributed by atoms with Crippen LogP contribution >= 0.6 is 15.9 Å². The molecule has 1 aliphatic rings. The fourth-order valence-electron chi connectivity index (χ4n) is 3.13. The zero-order valence-corrected chi connectivity index (χ0v) is 14.6. The molecule has 1 N–H and O–H groups in total. The number of imide groups is 1. The Kier molecular flexibility index (Phi) is 4.41. The molecule has 5 nitrogen and oxygen atoms in total. The molecular formula is C18H16BrNO4. The van der Waals surface area contributed by atoms with Crippen molar-refractivity contribution in [2.24, 2.45) is 11.8 Å². The third kappa shape index (κ3) is 3.06. The molecule has 3 rings (SSSR count). The van der Waals surface area contributed by atoms with E-state index in [0.29, 0.717) is 12.0 Å². The van der Waals surface area contributed by atoms with E-state index in [1.165, 1.54) is 0 Å². The summed E-state index contributed by atoms with van der Waals surface area (Å²) in [5.41, 5.74) is 0.429. The summed E-state index contributed by atoms with van der Waals surface area (Å²) in [4.78, 5) is 37.1. The standard InChI is InChI=1S/C18H16BrNO4/c1-10-6-15(17(22)20(9-10)18(23)24)16(21)12-3-2-11-4-5-14(19)8-13(11)7-12/h2-5,7-8,10,15H,6,9H2,1H3,(H,23,24)/t10-,15?/m0/s1. The van der Waals surface area contributed by atoms with Gasteiger partial charge in [-0.25, -0.2) is 9.69 Å². The number of carbonyl (C=O) groups is 3. The van der Waals surface area contributed by atoms with E-state index in [1.807, 2.05) is 31.2 Å². The maximum absolute atomic E-state index is 12.8. The molecular weight excluding hydrogens is 374 g/mol. The smallest absolute Gasteiger partial charge is 0.414 e. The number of halogens is 1. The number of rotatable bonds is 2. The van der Waals surface area contributed by atoms with Crippen LogP contribution in [0.5, 0.6) is 0 Å². The van der Waals surface area contributed by atoms with Crippen molar-refractivity contribution >= 4 is 44.5 Å². The van der Waals surface area contributed by atoms with Gasteiger partial charge >= 0.3 is 6.09 Å². The normalized spacial score (nSPS) is 21.1. The van der Waals surface area contributed by atoms with Crippen LogP contribution in [0.2, 0.25) is 0 Å². The Morgan fingerprint density at radius 1 is 1.17 bits per heavy atom. The van der Waals surface area contributed by atoms with Crippen molar-refractivity contribution in [1.29, 1.82) is 0 Å². The molecule has 6 heteroatoms. The Morgan fingerprint density at radius 2 is 1.88 bits per heavy atom. The van der Waals surface area contributed by atoms with Gasteiger partial charge in [0, 0.05) is 16.6 Å². The Labute approximate surface area is 147 Å². The van der Waals surface area contributed by atoms with Crippen LogP contribution in [0.4, 0.5) is 4.79 Å². The summed E-state index contributed by atoms with van der Waals surface area (Å²) < 4.78 is 0.902. The molecule has 0 bridgehead atoms. The van der Waals surface area contributed by atoms with Crippen molar-refractivity contribution in [1.82, 2.24) is 4.90 Å². The molecule has 1 unspecified atom stereocenters. The molecule has 2 aromatic rings. The minimum Gasteiger partial charge on any atom is -0.465 e. The second kappa shape index (κ2) is 6.36. The van der Waals surface area contributed by atoms with E-state index in [-0.39, 0.29) is 18.2 Å². The first-order valence-corrected chi connectivity index (χ1v) is 8.44. The lowest BCUT2D eigenvalue weighted by molar-refractivity contribution is -0.135. The van der Waals surface area contributed by atoms with Gasteiger partial charge in [0.2, 0.25) is 5.91 Å². The maximum Gasteiger partial charge on any atom is 0.414 e. The van der Waals surface area contributed by atoms with Gasteiger partial charge in [-0.2, -0.15) is 0 Å². The summed E-state index contributed by atoms with van der Waals surface area (Å²) >= 11 is 3.40. The summed E-state index contributed by atoms with van der Waals surface area (Å²) in [6.07, 6.45) is -0.926. The van der Waals surface area contributed by atoms with E-state index in [0.717, 1.165) is 20.1 Å². The minimum atomic E-state index is -1.30. The fraction of sp³-hybridized carbons (Fsp3) is 0.278. The monoisotopic (exact) mass is 389 g/mol. The summed E-state index contributed by atoms with van der Waals surface area (Å²) in [7, 11) is 0. The van der Waals surface area contributed by atoms with Crippen molar-refractivity contribution in [3.8, 4) is 0 Å². The number of hydrogen-bond donors (Lipinski definition) is 1. The zero-order chi connectivity index (χ0) is 17.4. The lowest BCUT2D eigenvalue weighted by Gasteiger charge is -2.32. The van der Waals surface area contributed by atoms with Gasteiger partial charge in [-0.15, -0.1) is 0 Å². The van der Waals surface area contributed by atoms with Gasteiger partial charge in [0.25, 0.3) is 0 Å². The van der Waals surface area contributed by atoms with Crippen molar-refractivity contribution in [2.45, 2.75) is 13.3 Å². The number of piperidine rings is 1. The first-order chi connectivity index (χ1) is 11.4. The van der Waals surface area contributed by atoms with Crippen LogP contribution in [0.3, 0.4) is 0 Å². The van der Waals surface area contributed by atoms with Crippen molar-refractivity contribution in [2.75, 3.05) is 6.54 Å². The van der Waals surface area contributed by atoms with Gasteiger partial charge < -0.3 is 5.11 Å². The quantitative estimate of drug-likeness (QED) is 0.623. The van der Waals surface area contributed by atoms with E-state index in [1.54, 1.807) is 12.1 Å². The molecule has 124 valence electrons. The fourth-order valence-corrected chi connectivity index (χ4v) is 3.51. The predicted molar refractivity (Wildman–Crippen MR) is 93.0 cm³/mol. The number of fused-ring (bicyclic) bond motifs is 1. The molecule has 0 aromatic heterocycles. The van der Waals surface area contributed by atoms with Crippen LogP contribution in [-0.4, -0.2) is 34.3 Å². The Morgan fingerprint density at radius 3 is 2.58 bits per heavy atom. The van der Waals surface area contributed by atoms with Gasteiger partial charge in [-0.05, 0) is 41.3 Å². The van der Waals surface area contributed by atoms with Gasteiger partial charge in [0.1, 0.15) is 5.92 Å². The number of benzene rings is 2. The predicted octanol–water partition coefficient (Wildman–Crippen LogP) is 3.95. The third-order valence-electron chi connectivity index (χ3n) is 4.33. The van der Waals surface area contributed by atoms with Crippen LogP contribution in [0, 0.1) is 11.8 Å². The topological polar surface area (TPSA) is 74.7 Å². The second-order valence-electron chi connectivity index (χ2n) is 6.20. The number of amides is 2. The maximum atomic E-state index is 12.8. The average Bonchev–Trinajstić information content (AvgIpc) is 2.55. The Hall–Kier alpha value is -2.21. The van der Waals surface area contributed by atoms with Gasteiger partial charge in [-0.3, -0.25) is 9.59 Å². The molecule has 0 radical (unpaired) electrons. The number of likely N-dealkylation sites (tertiary alicyclic amines) is 1. The molecule has 2 aromatic carbocycles. The Balaban J connectivity index is 1.95. The number of Topliss-reactive ketones (excluding diaryl/α,β-unsaturated/α-hetero) is 1. The van der Waals surface area contributed by atoms with Crippen LogP contribution in [0.1, 0.15) is 23.7 Å². The summed E-state index contributed by atoms with van der Waals surface area (Å²) in [6, 6.07) is 11.0. The van der Waals surface area contributed by atoms with Crippen molar-refractivity contribution < 1.29 is 19.5 Å². The van der Waals surface area contributed by atoms with E-state index < -0.39 is 17.9 Å². The minimum absolute atomic E-state index is 0.0395. The van der Waals surface area contributed by atoms with E-state index in [2.05, 4.69) is 15.9 Å². The van der Waals surface area contributed by atoms with Gasteiger partial charge in [-0.1, -0.05) is 41.1 Å². The van der Waals surface area contributed by atoms with Crippen LogP contribution in [0.25, 0.3) is 10.8 Å². The molecule has 0 spiro atoms. The Bertz CT molecular complexity index is 848. The summed E-state index contributed by atoms with van der Waals surface area (Å²) in [6.45, 7) is 1.99. The molecule has 0 saturated carbocycles. The van der Waals surface area contributed by atoms with Crippen LogP contribution in [-0.2, 0) is 4.79 Å².